The van der Waals surface area contributed by atoms with Crippen LogP contribution in [0.1, 0.15) is 29.8 Å². The average Bonchev–Trinajstić information content (AvgIpc) is 2.75. The van der Waals surface area contributed by atoms with Crippen LogP contribution in [-0.4, -0.2) is 46.3 Å². The summed E-state index contributed by atoms with van der Waals surface area (Å²) in [5.74, 6) is 0.142. The van der Waals surface area contributed by atoms with E-state index in [1.54, 1.807) is 18.3 Å². The lowest BCUT2D eigenvalue weighted by Crippen LogP contribution is -2.52. The molecular weight excluding hydrogens is 445 g/mol. The number of hydrogen-bond donors (Lipinski definition) is 2. The molecule has 0 bridgehead atoms. The standard InChI is InChI=1S/C25H27Cl2N3O2/c1-17-3-6-19(14-28-17)25(2,32)16-29-11-12-30(23-10-9-21(31)13-22(23)27)24(15-29)18-4-7-20(26)8-5-18/h3-10,13-14,24,31-32H,11-12,15-16H2,1-2H3/t24-,25+/m0/s1. The molecule has 32 heavy (non-hydrogen) atoms. The lowest BCUT2D eigenvalue weighted by Gasteiger charge is -2.45. The van der Waals surface area contributed by atoms with Gasteiger partial charge in [0.1, 0.15) is 11.4 Å². The molecule has 0 radical (unpaired) electrons. The van der Waals surface area contributed by atoms with Crippen molar-refractivity contribution in [1.29, 1.82) is 0 Å². The van der Waals surface area contributed by atoms with Gasteiger partial charge in [0.05, 0.1) is 16.8 Å². The zero-order valence-corrected chi connectivity index (χ0v) is 19.7. The minimum atomic E-state index is -1.02. The molecule has 5 nitrogen and oxygen atoms in total. The number of rotatable bonds is 5. The number of benzene rings is 2. The fourth-order valence-electron chi connectivity index (χ4n) is 4.28. The van der Waals surface area contributed by atoms with Gasteiger partial charge in [-0.2, -0.15) is 0 Å². The first-order chi connectivity index (χ1) is 15.2. The van der Waals surface area contributed by atoms with Crippen LogP contribution in [0.15, 0.2) is 60.8 Å². The Morgan fingerprint density at radius 3 is 2.47 bits per heavy atom. The van der Waals surface area contributed by atoms with Gasteiger partial charge >= 0.3 is 0 Å². The van der Waals surface area contributed by atoms with Crippen LogP contribution < -0.4 is 4.90 Å². The minimum Gasteiger partial charge on any atom is -0.508 e. The largest absolute Gasteiger partial charge is 0.508 e. The van der Waals surface area contributed by atoms with Gasteiger partial charge < -0.3 is 15.1 Å². The summed E-state index contributed by atoms with van der Waals surface area (Å²) < 4.78 is 0. The van der Waals surface area contributed by atoms with E-state index in [1.165, 1.54) is 0 Å². The SMILES string of the molecule is Cc1ccc([C@](C)(O)CN2CCN(c3ccc(O)cc3Cl)[C@H](c3ccc(Cl)cc3)C2)cn1. The molecule has 1 saturated heterocycles. The van der Waals surface area contributed by atoms with Crippen LogP contribution in [0.4, 0.5) is 5.69 Å². The predicted octanol–water partition coefficient (Wildman–Crippen LogP) is 5.17. The number of aryl methyl sites for hydroxylation is 1. The molecule has 2 atom stereocenters. The van der Waals surface area contributed by atoms with Crippen molar-refractivity contribution in [3.8, 4) is 5.75 Å². The molecule has 0 aliphatic carbocycles. The van der Waals surface area contributed by atoms with E-state index >= 15 is 0 Å². The zero-order chi connectivity index (χ0) is 22.9. The number of aromatic hydroxyl groups is 1. The Hall–Kier alpha value is -2.31. The number of piperazine rings is 1. The van der Waals surface area contributed by atoms with Crippen LogP contribution in [-0.2, 0) is 5.60 Å². The minimum absolute atomic E-state index is 0.00926. The molecule has 0 unspecified atom stereocenters. The van der Waals surface area contributed by atoms with E-state index in [9.17, 15) is 10.2 Å². The summed E-state index contributed by atoms with van der Waals surface area (Å²) >= 11 is 12.6. The molecule has 1 fully saturated rings. The van der Waals surface area contributed by atoms with Gasteiger partial charge in [-0.1, -0.05) is 41.4 Å². The van der Waals surface area contributed by atoms with Gasteiger partial charge in [0.2, 0.25) is 0 Å². The van der Waals surface area contributed by atoms with Gasteiger partial charge in [-0.3, -0.25) is 9.88 Å². The maximum Gasteiger partial charge on any atom is 0.117 e. The molecule has 2 N–H and O–H groups in total. The number of phenolic OH excluding ortho intramolecular Hbond substituents is 1. The van der Waals surface area contributed by atoms with Crippen LogP contribution in [0.3, 0.4) is 0 Å². The molecule has 1 aliphatic rings. The van der Waals surface area contributed by atoms with Crippen molar-refractivity contribution in [2.45, 2.75) is 25.5 Å². The number of anilines is 1. The number of β-amino-alcohol motifs (C(OH)–C–C–N with tert-alkyl or cyclic N) is 1. The Balaban J connectivity index is 1.61. The van der Waals surface area contributed by atoms with E-state index in [0.717, 1.165) is 35.6 Å². The Bertz CT molecular complexity index is 1070. The molecule has 4 rings (SSSR count). The van der Waals surface area contributed by atoms with Crippen molar-refractivity contribution in [3.63, 3.8) is 0 Å². The molecular formula is C25H27Cl2N3O2. The number of halogens is 2. The number of phenols is 1. The first-order valence-electron chi connectivity index (χ1n) is 10.6. The van der Waals surface area contributed by atoms with E-state index < -0.39 is 5.60 Å². The van der Waals surface area contributed by atoms with Crippen molar-refractivity contribution in [3.05, 3.63) is 87.7 Å². The third-order valence-corrected chi connectivity index (χ3v) is 6.58. The first-order valence-corrected chi connectivity index (χ1v) is 11.4. The summed E-state index contributed by atoms with van der Waals surface area (Å²) in [6, 6.07) is 16.8. The third-order valence-electron chi connectivity index (χ3n) is 6.02. The smallest absolute Gasteiger partial charge is 0.117 e. The highest BCUT2D eigenvalue weighted by Crippen LogP contribution is 2.37. The van der Waals surface area contributed by atoms with Crippen molar-refractivity contribution in [1.82, 2.24) is 9.88 Å². The maximum absolute atomic E-state index is 11.2. The third kappa shape index (κ3) is 5.02. The Morgan fingerprint density at radius 2 is 1.81 bits per heavy atom. The van der Waals surface area contributed by atoms with Gasteiger partial charge in [0.25, 0.3) is 0 Å². The van der Waals surface area contributed by atoms with Crippen LogP contribution in [0, 0.1) is 6.92 Å². The molecule has 2 heterocycles. The molecule has 1 aromatic heterocycles. The van der Waals surface area contributed by atoms with E-state index in [-0.39, 0.29) is 11.8 Å². The molecule has 0 spiro atoms. The van der Waals surface area contributed by atoms with E-state index in [0.29, 0.717) is 23.1 Å². The summed E-state index contributed by atoms with van der Waals surface area (Å²) in [5, 5.41) is 22.2. The second-order valence-electron chi connectivity index (χ2n) is 8.59. The van der Waals surface area contributed by atoms with E-state index in [4.69, 9.17) is 23.2 Å². The first kappa shape index (κ1) is 22.9. The van der Waals surface area contributed by atoms with Gasteiger partial charge in [0, 0.05) is 54.7 Å². The van der Waals surface area contributed by atoms with Crippen LogP contribution in [0.5, 0.6) is 5.75 Å². The van der Waals surface area contributed by atoms with Crippen molar-refractivity contribution in [2.75, 3.05) is 31.1 Å². The maximum atomic E-state index is 11.2. The normalized spacial score (nSPS) is 19.0. The number of hydrogen-bond acceptors (Lipinski definition) is 5. The van der Waals surface area contributed by atoms with E-state index in [2.05, 4.69) is 14.8 Å². The lowest BCUT2D eigenvalue weighted by molar-refractivity contribution is 0.0100. The van der Waals surface area contributed by atoms with Gasteiger partial charge in [-0.15, -0.1) is 0 Å². The highest BCUT2D eigenvalue weighted by molar-refractivity contribution is 6.33. The second-order valence-corrected chi connectivity index (χ2v) is 9.44. The number of nitrogens with zero attached hydrogens (tertiary/aromatic N) is 3. The monoisotopic (exact) mass is 471 g/mol. The quantitative estimate of drug-likeness (QED) is 0.537. The number of pyridine rings is 1. The molecule has 2 aromatic carbocycles. The van der Waals surface area contributed by atoms with Crippen molar-refractivity contribution < 1.29 is 10.2 Å². The summed E-state index contributed by atoms with van der Waals surface area (Å²) in [7, 11) is 0. The fraction of sp³-hybridized carbons (Fsp3) is 0.320. The topological polar surface area (TPSA) is 59.8 Å². The van der Waals surface area contributed by atoms with Gasteiger partial charge in [0.15, 0.2) is 0 Å². The summed E-state index contributed by atoms with van der Waals surface area (Å²) in [5.41, 5.74) is 2.68. The summed E-state index contributed by atoms with van der Waals surface area (Å²) in [6.07, 6.45) is 1.75. The molecule has 1 aliphatic heterocycles. The Labute approximate surface area is 198 Å². The molecule has 0 saturated carbocycles. The van der Waals surface area contributed by atoms with Crippen molar-refractivity contribution in [2.24, 2.45) is 0 Å². The number of aromatic nitrogens is 1. The molecule has 0 amide bonds. The van der Waals surface area contributed by atoms with Crippen LogP contribution in [0.2, 0.25) is 10.0 Å². The zero-order valence-electron chi connectivity index (χ0n) is 18.2. The van der Waals surface area contributed by atoms with Crippen LogP contribution >= 0.6 is 23.2 Å². The van der Waals surface area contributed by atoms with Crippen LogP contribution in [0.25, 0.3) is 0 Å². The Kier molecular flexibility index (Phi) is 6.63. The van der Waals surface area contributed by atoms with Gasteiger partial charge in [-0.25, -0.2) is 0 Å². The van der Waals surface area contributed by atoms with E-state index in [1.807, 2.05) is 56.3 Å². The predicted molar refractivity (Wildman–Crippen MR) is 130 cm³/mol. The van der Waals surface area contributed by atoms with Crippen molar-refractivity contribution >= 4 is 28.9 Å². The molecule has 168 valence electrons. The lowest BCUT2D eigenvalue weighted by atomic mass is 9.95. The molecule has 3 aromatic rings. The average molecular weight is 472 g/mol. The highest BCUT2D eigenvalue weighted by atomic mass is 35.5. The second kappa shape index (κ2) is 9.28. The summed E-state index contributed by atoms with van der Waals surface area (Å²) in [4.78, 5) is 8.86. The summed E-state index contributed by atoms with van der Waals surface area (Å²) in [6.45, 7) is 6.44. The molecule has 7 heteroatoms. The fourth-order valence-corrected chi connectivity index (χ4v) is 4.69. The van der Waals surface area contributed by atoms with Gasteiger partial charge in [-0.05, 0) is 49.7 Å². The number of aliphatic hydroxyl groups is 1. The highest BCUT2D eigenvalue weighted by Gasteiger charge is 2.34. The Morgan fingerprint density at radius 1 is 1.06 bits per heavy atom.